The molecule has 0 aliphatic carbocycles. The Morgan fingerprint density at radius 2 is 1.58 bits per heavy atom. The quantitative estimate of drug-likeness (QED) is 0.232. The van der Waals surface area contributed by atoms with E-state index >= 15 is 9.59 Å². The summed E-state index contributed by atoms with van der Waals surface area (Å²) in [6.07, 6.45) is 5.00. The van der Waals surface area contributed by atoms with E-state index in [4.69, 9.17) is 16.3 Å². The lowest BCUT2D eigenvalue weighted by atomic mass is 9.64. The van der Waals surface area contributed by atoms with E-state index in [0.29, 0.717) is 42.1 Å². The number of aliphatic hydroxyl groups is 1. The maximum atomic E-state index is 15.1. The smallest absolute Gasteiger partial charge is 0.253 e. The third-order valence-corrected chi connectivity index (χ3v) is 10.7. The zero-order valence-corrected chi connectivity index (χ0v) is 28.0. The number of aliphatic hydroxyl groups excluding tert-OH is 1. The van der Waals surface area contributed by atoms with Crippen molar-refractivity contribution in [3.63, 3.8) is 0 Å². The second kappa shape index (κ2) is 13.7. The molecule has 2 unspecified atom stereocenters. The highest BCUT2D eigenvalue weighted by Crippen LogP contribution is 2.65. The highest BCUT2D eigenvalue weighted by atomic mass is 35.5. The van der Waals surface area contributed by atoms with Crippen LogP contribution in [0.4, 0.5) is 11.4 Å². The molecule has 3 aliphatic rings. The number of amides is 3. The molecule has 3 amide bonds. The Balaban J connectivity index is 1.50. The average Bonchev–Trinajstić information content (AvgIpc) is 3.72. The van der Waals surface area contributed by atoms with Crippen LogP contribution in [0, 0.1) is 11.8 Å². The SMILES string of the molecule is C=CCN(C(=O)[C@@H]1[C@H]2C(=O)N([C@@H](CO)Cc3ccccc3)C(C(=O)N(CC=C)c3ccccc3Cl)C23CC[C@@]1(CC)O3)c1ccccc1. The van der Waals surface area contributed by atoms with Gasteiger partial charge in [-0.2, -0.15) is 0 Å². The van der Waals surface area contributed by atoms with Crippen LogP contribution in [-0.4, -0.2) is 70.7 Å². The van der Waals surface area contributed by atoms with E-state index in [2.05, 4.69) is 13.2 Å². The standard InChI is InChI=1S/C39H42ClN3O5/c1-4-23-41(28-17-11-8-12-18-28)35(45)32-33-36(46)43(29(26-44)25-27-15-9-7-10-16-27)34(39(33)22-21-38(32,6-3)48-39)37(47)42(24-5-2)31-20-14-13-19-30(31)40/h4-5,7-20,29,32-34,44H,1-2,6,21-26H2,3H3/t29-,32+,33+,34?,38-,39?/m1/s1. The highest BCUT2D eigenvalue weighted by molar-refractivity contribution is 6.34. The molecule has 8 nitrogen and oxygen atoms in total. The van der Waals surface area contributed by atoms with Crippen LogP contribution in [0.2, 0.25) is 5.02 Å². The number of carbonyl (C=O) groups is 3. The summed E-state index contributed by atoms with van der Waals surface area (Å²) in [5.41, 5.74) is -0.174. The molecule has 6 atom stereocenters. The predicted molar refractivity (Wildman–Crippen MR) is 188 cm³/mol. The fourth-order valence-electron chi connectivity index (χ4n) is 8.32. The van der Waals surface area contributed by atoms with Crippen LogP contribution >= 0.6 is 11.6 Å². The molecule has 3 aromatic rings. The molecule has 3 aromatic carbocycles. The summed E-state index contributed by atoms with van der Waals surface area (Å²) in [4.78, 5) is 49.8. The number of hydrogen-bond acceptors (Lipinski definition) is 5. The number of hydrogen-bond donors (Lipinski definition) is 1. The molecule has 0 aromatic heterocycles. The number of benzene rings is 3. The van der Waals surface area contributed by atoms with Crippen LogP contribution in [0.25, 0.3) is 0 Å². The molecule has 9 heteroatoms. The van der Waals surface area contributed by atoms with Gasteiger partial charge in [0.05, 0.1) is 40.8 Å². The van der Waals surface area contributed by atoms with Crippen molar-refractivity contribution in [3.8, 4) is 0 Å². The molecule has 6 rings (SSSR count). The van der Waals surface area contributed by atoms with Crippen LogP contribution < -0.4 is 9.80 Å². The number of para-hydroxylation sites is 2. The normalized spacial score (nSPS) is 26.2. The molecule has 3 fully saturated rings. The van der Waals surface area contributed by atoms with Gasteiger partial charge in [-0.15, -0.1) is 13.2 Å². The first-order valence-electron chi connectivity index (χ1n) is 16.6. The molecule has 3 aliphatic heterocycles. The van der Waals surface area contributed by atoms with Gasteiger partial charge in [-0.3, -0.25) is 14.4 Å². The van der Waals surface area contributed by atoms with Gasteiger partial charge in [-0.05, 0) is 55.5 Å². The average molecular weight is 668 g/mol. The van der Waals surface area contributed by atoms with E-state index in [1.54, 1.807) is 41.3 Å². The Morgan fingerprint density at radius 3 is 2.21 bits per heavy atom. The Labute approximate surface area is 287 Å². The molecule has 0 saturated carbocycles. The fraction of sp³-hybridized carbons (Fsp3) is 0.359. The summed E-state index contributed by atoms with van der Waals surface area (Å²) in [6, 6.07) is 24.1. The van der Waals surface area contributed by atoms with Gasteiger partial charge in [0, 0.05) is 18.8 Å². The van der Waals surface area contributed by atoms with Crippen LogP contribution in [-0.2, 0) is 25.5 Å². The predicted octanol–water partition coefficient (Wildman–Crippen LogP) is 5.84. The van der Waals surface area contributed by atoms with Gasteiger partial charge in [0.25, 0.3) is 5.91 Å². The van der Waals surface area contributed by atoms with Crippen LogP contribution in [0.3, 0.4) is 0 Å². The first kappa shape index (κ1) is 33.7. The Kier molecular flexibility index (Phi) is 9.61. The van der Waals surface area contributed by atoms with Crippen molar-refractivity contribution in [3.05, 3.63) is 121 Å². The monoisotopic (exact) mass is 667 g/mol. The van der Waals surface area contributed by atoms with Crippen molar-refractivity contribution in [2.45, 2.75) is 55.9 Å². The Hall–Kier alpha value is -4.24. The first-order chi connectivity index (χ1) is 23.3. The third-order valence-electron chi connectivity index (χ3n) is 10.4. The third kappa shape index (κ3) is 5.46. The van der Waals surface area contributed by atoms with E-state index in [-0.39, 0.29) is 31.5 Å². The van der Waals surface area contributed by atoms with E-state index in [1.165, 1.54) is 9.80 Å². The van der Waals surface area contributed by atoms with Crippen molar-refractivity contribution < 1.29 is 24.2 Å². The van der Waals surface area contributed by atoms with Gasteiger partial charge >= 0.3 is 0 Å². The minimum absolute atomic E-state index is 0.132. The molecular formula is C39H42ClN3O5. The molecule has 1 N–H and O–H groups in total. The first-order valence-corrected chi connectivity index (χ1v) is 17.0. The number of rotatable bonds is 13. The summed E-state index contributed by atoms with van der Waals surface area (Å²) in [6.45, 7) is 9.76. The summed E-state index contributed by atoms with van der Waals surface area (Å²) in [5, 5.41) is 11.3. The second-order valence-corrected chi connectivity index (χ2v) is 13.3. The number of ether oxygens (including phenoxy) is 1. The lowest BCUT2D eigenvalue weighted by Crippen LogP contribution is -2.59. The van der Waals surface area contributed by atoms with E-state index in [0.717, 1.165) is 5.56 Å². The van der Waals surface area contributed by atoms with E-state index in [9.17, 15) is 9.90 Å². The molecule has 0 radical (unpaired) electrons. The van der Waals surface area contributed by atoms with Crippen molar-refractivity contribution in [2.24, 2.45) is 11.8 Å². The molecule has 250 valence electrons. The lowest BCUT2D eigenvalue weighted by Gasteiger charge is -2.40. The number of carbonyl (C=O) groups excluding carboxylic acids is 3. The summed E-state index contributed by atoms with van der Waals surface area (Å²) < 4.78 is 7.07. The Morgan fingerprint density at radius 1 is 0.958 bits per heavy atom. The van der Waals surface area contributed by atoms with Gasteiger partial charge in [0.1, 0.15) is 11.6 Å². The van der Waals surface area contributed by atoms with Crippen LogP contribution in [0.15, 0.2) is 110 Å². The van der Waals surface area contributed by atoms with E-state index in [1.807, 2.05) is 67.6 Å². The van der Waals surface area contributed by atoms with Crippen molar-refractivity contribution >= 4 is 40.7 Å². The number of likely N-dealkylation sites (tertiary alicyclic amines) is 1. The number of halogens is 1. The highest BCUT2D eigenvalue weighted by Gasteiger charge is 2.79. The molecule has 2 bridgehead atoms. The Bertz CT molecular complexity index is 1690. The number of fused-ring (bicyclic) bond motifs is 1. The zero-order valence-electron chi connectivity index (χ0n) is 27.2. The van der Waals surface area contributed by atoms with Gasteiger partial charge in [-0.25, -0.2) is 0 Å². The number of nitrogens with zero attached hydrogens (tertiary/aromatic N) is 3. The minimum Gasteiger partial charge on any atom is -0.394 e. The molecule has 3 heterocycles. The zero-order chi connectivity index (χ0) is 34.1. The maximum Gasteiger partial charge on any atom is 0.253 e. The topological polar surface area (TPSA) is 90.4 Å². The van der Waals surface area contributed by atoms with Crippen molar-refractivity contribution in [1.29, 1.82) is 0 Å². The second-order valence-electron chi connectivity index (χ2n) is 12.9. The molecule has 48 heavy (non-hydrogen) atoms. The number of anilines is 2. The molecule has 3 saturated heterocycles. The van der Waals surface area contributed by atoms with E-state index < -0.39 is 41.0 Å². The van der Waals surface area contributed by atoms with Crippen molar-refractivity contribution in [2.75, 3.05) is 29.5 Å². The van der Waals surface area contributed by atoms with Crippen molar-refractivity contribution in [1.82, 2.24) is 4.90 Å². The van der Waals surface area contributed by atoms with Gasteiger partial charge in [0.15, 0.2) is 0 Å². The fourth-order valence-corrected chi connectivity index (χ4v) is 8.56. The summed E-state index contributed by atoms with van der Waals surface area (Å²) in [7, 11) is 0. The lowest BCUT2D eigenvalue weighted by molar-refractivity contribution is -0.149. The summed E-state index contributed by atoms with van der Waals surface area (Å²) >= 11 is 6.65. The van der Waals surface area contributed by atoms with Gasteiger partial charge in [0.2, 0.25) is 11.8 Å². The van der Waals surface area contributed by atoms with Gasteiger partial charge in [-0.1, -0.05) is 91.3 Å². The largest absolute Gasteiger partial charge is 0.394 e. The maximum absolute atomic E-state index is 15.1. The van der Waals surface area contributed by atoms with Gasteiger partial charge < -0.3 is 24.5 Å². The van der Waals surface area contributed by atoms with Crippen LogP contribution in [0.1, 0.15) is 31.7 Å². The minimum atomic E-state index is -1.30. The van der Waals surface area contributed by atoms with Crippen LogP contribution in [0.5, 0.6) is 0 Å². The molecule has 1 spiro atoms. The molecular weight excluding hydrogens is 626 g/mol. The summed E-state index contributed by atoms with van der Waals surface area (Å²) in [5.74, 6) is -2.79.